The van der Waals surface area contributed by atoms with E-state index in [2.05, 4.69) is 15.3 Å². The van der Waals surface area contributed by atoms with Crippen LogP contribution in [0.15, 0.2) is 30.6 Å². The van der Waals surface area contributed by atoms with Crippen LogP contribution in [0.3, 0.4) is 0 Å². The minimum Gasteiger partial charge on any atom is -0.490 e. The molecule has 7 rings (SSSR count). The molecule has 0 radical (unpaired) electrons. The molecule has 3 heterocycles. The first-order chi connectivity index (χ1) is 23.8. The summed E-state index contributed by atoms with van der Waals surface area (Å²) < 4.78 is 85.6. The third kappa shape index (κ3) is 6.55. The number of aromatic nitrogens is 3. The van der Waals surface area contributed by atoms with Gasteiger partial charge < -0.3 is 24.5 Å². The highest BCUT2D eigenvalue weighted by molar-refractivity contribution is 6.00. The van der Waals surface area contributed by atoms with Crippen LogP contribution >= 0.6 is 0 Å². The lowest BCUT2D eigenvalue weighted by molar-refractivity contribution is -0.146. The van der Waals surface area contributed by atoms with E-state index in [4.69, 9.17) is 9.47 Å². The fraction of sp³-hybridized carbons (Fsp3) is 0.611. The minimum atomic E-state index is -5.07. The minimum absolute atomic E-state index is 0.0612. The molecule has 2 bridgehead atoms. The van der Waals surface area contributed by atoms with Gasteiger partial charge in [-0.3, -0.25) is 4.79 Å². The van der Waals surface area contributed by atoms with Crippen molar-refractivity contribution in [2.75, 3.05) is 13.2 Å². The molecule has 3 aromatic rings. The van der Waals surface area contributed by atoms with Crippen LogP contribution in [0, 0.1) is 17.8 Å². The smallest absolute Gasteiger partial charge is 0.434 e. The van der Waals surface area contributed by atoms with Gasteiger partial charge in [0, 0.05) is 61.1 Å². The Morgan fingerprint density at radius 1 is 1.10 bits per heavy atom. The highest BCUT2D eigenvalue weighted by atomic mass is 19.4. The van der Waals surface area contributed by atoms with Crippen molar-refractivity contribution in [3.05, 3.63) is 41.9 Å². The van der Waals surface area contributed by atoms with E-state index in [9.17, 15) is 36.6 Å². The van der Waals surface area contributed by atoms with E-state index in [1.165, 1.54) is 0 Å². The summed E-state index contributed by atoms with van der Waals surface area (Å²) in [5.41, 5.74) is -3.20. The lowest BCUT2D eigenvalue weighted by Crippen LogP contribution is -2.57. The average molecular weight is 705 g/mol. The summed E-state index contributed by atoms with van der Waals surface area (Å²) in [6.45, 7) is 3.15. The number of ether oxygens (including phenoxy) is 2. The molecule has 1 saturated heterocycles. The van der Waals surface area contributed by atoms with Gasteiger partial charge in [0.05, 0.1) is 24.3 Å². The fourth-order valence-corrected chi connectivity index (χ4v) is 8.80. The normalized spacial score (nSPS) is 27.4. The summed E-state index contributed by atoms with van der Waals surface area (Å²) in [6, 6.07) is 4.82. The Labute approximate surface area is 285 Å². The molecule has 2 aromatic heterocycles. The molecule has 4 atom stereocenters. The maximum atomic E-state index is 14.7. The van der Waals surface area contributed by atoms with Crippen molar-refractivity contribution in [1.29, 1.82) is 0 Å². The van der Waals surface area contributed by atoms with Crippen LogP contribution < -0.4 is 10.1 Å². The number of nitrogens with one attached hydrogen (secondary N) is 1. The number of amides is 1. The largest absolute Gasteiger partial charge is 0.490 e. The third-order valence-corrected chi connectivity index (χ3v) is 11.4. The lowest BCUT2D eigenvalue weighted by Gasteiger charge is -2.34. The molecule has 3 saturated carbocycles. The number of alkyl halides is 5. The van der Waals surface area contributed by atoms with Crippen LogP contribution in [-0.4, -0.2) is 62.3 Å². The Bertz CT molecular complexity index is 1760. The van der Waals surface area contributed by atoms with Crippen molar-refractivity contribution in [1.82, 2.24) is 19.9 Å². The predicted molar refractivity (Wildman–Crippen MR) is 172 cm³/mol. The zero-order valence-corrected chi connectivity index (χ0v) is 27.8. The van der Waals surface area contributed by atoms with Crippen LogP contribution in [0.4, 0.5) is 22.0 Å². The number of carbonyl (C=O) groups excluding carboxylic acids is 1. The Morgan fingerprint density at radius 3 is 2.52 bits per heavy atom. The summed E-state index contributed by atoms with van der Waals surface area (Å²) in [7, 11) is 0. The van der Waals surface area contributed by atoms with Gasteiger partial charge in [0.2, 0.25) is 5.92 Å². The maximum absolute atomic E-state index is 14.7. The Balaban J connectivity index is 1.25. The predicted octanol–water partition coefficient (Wildman–Crippen LogP) is 7.82. The second-order valence-electron chi connectivity index (χ2n) is 14.6. The van der Waals surface area contributed by atoms with Crippen LogP contribution in [0.1, 0.15) is 99.6 Å². The topological polar surface area (TPSA) is 116 Å². The highest BCUT2D eigenvalue weighted by Gasteiger charge is 2.57. The SMILES string of the molecule is CCC1CC2CC(C1)C(NC(=O)c1cnc(-c3cn(C4CCC(F)(F)CC4)c4cc(OC5CCOCC5)ccc34)nc1C(F)(F)F)(C(=O)O)C2. The number of hydrogen-bond acceptors (Lipinski definition) is 6. The molecule has 1 aromatic carbocycles. The molecule has 50 heavy (non-hydrogen) atoms. The third-order valence-electron chi connectivity index (χ3n) is 11.4. The van der Waals surface area contributed by atoms with Gasteiger partial charge in [0.25, 0.3) is 5.91 Å². The van der Waals surface area contributed by atoms with Gasteiger partial charge in [0.15, 0.2) is 11.5 Å². The molecule has 4 aliphatic rings. The number of carbonyl (C=O) groups is 2. The van der Waals surface area contributed by atoms with Gasteiger partial charge >= 0.3 is 12.1 Å². The molecule has 1 aliphatic heterocycles. The van der Waals surface area contributed by atoms with Crippen molar-refractivity contribution in [2.45, 2.75) is 107 Å². The van der Waals surface area contributed by atoms with Gasteiger partial charge in [-0.05, 0) is 68.4 Å². The van der Waals surface area contributed by atoms with Crippen LogP contribution in [0.5, 0.6) is 5.75 Å². The van der Waals surface area contributed by atoms with Crippen molar-refractivity contribution < 1.29 is 46.1 Å². The second kappa shape index (κ2) is 13.1. The molecule has 2 N–H and O–H groups in total. The van der Waals surface area contributed by atoms with Crippen molar-refractivity contribution in [3.63, 3.8) is 0 Å². The number of fused-ring (bicyclic) bond motifs is 3. The maximum Gasteiger partial charge on any atom is 0.434 e. The molecule has 3 aliphatic carbocycles. The second-order valence-corrected chi connectivity index (χ2v) is 14.6. The first-order valence-electron chi connectivity index (χ1n) is 17.5. The van der Waals surface area contributed by atoms with Crippen molar-refractivity contribution >= 4 is 22.8 Å². The molecule has 14 heteroatoms. The van der Waals surface area contributed by atoms with Gasteiger partial charge in [-0.1, -0.05) is 13.3 Å². The van der Waals surface area contributed by atoms with E-state index in [0.717, 1.165) is 19.0 Å². The van der Waals surface area contributed by atoms with Gasteiger partial charge in [0.1, 0.15) is 17.4 Å². The number of aliphatic carboxylic acids is 1. The number of benzene rings is 1. The van der Waals surface area contributed by atoms with Gasteiger partial charge in [-0.25, -0.2) is 23.5 Å². The Hall–Kier alpha value is -3.81. The molecule has 4 unspecified atom stereocenters. The quantitative estimate of drug-likeness (QED) is 0.230. The first-order valence-corrected chi connectivity index (χ1v) is 17.5. The van der Waals surface area contributed by atoms with E-state index >= 15 is 0 Å². The summed E-state index contributed by atoms with van der Waals surface area (Å²) >= 11 is 0. The summed E-state index contributed by atoms with van der Waals surface area (Å²) in [5.74, 6) is -5.03. The zero-order valence-electron chi connectivity index (χ0n) is 27.8. The molecule has 0 spiro atoms. The van der Waals surface area contributed by atoms with Crippen LogP contribution in [0.25, 0.3) is 22.3 Å². The number of carboxylic acid groups (broad SMARTS) is 1. The summed E-state index contributed by atoms with van der Waals surface area (Å²) in [5, 5.41) is 13.3. The van der Waals surface area contributed by atoms with Gasteiger partial charge in [-0.15, -0.1) is 0 Å². The van der Waals surface area contributed by atoms with Crippen molar-refractivity contribution in [3.8, 4) is 17.1 Å². The zero-order chi connectivity index (χ0) is 35.4. The van der Waals surface area contributed by atoms with Gasteiger partial charge in [-0.2, -0.15) is 13.2 Å². The standard InChI is InChI=1S/C36H41F5N4O5/c1-2-20-13-21-15-22(14-20)35(17-21,33(47)48)44-32(46)27-18-42-31(43-30(27)36(39,40)41)28-19-45(23-5-9-34(37,38)10-6-23)29-16-25(3-4-26(28)29)50-24-7-11-49-12-8-24/h3-4,16,18-24H,2,5-15,17H2,1H3,(H,44,46)(H,47,48). The lowest BCUT2D eigenvalue weighted by atomic mass is 9.76. The Kier molecular flexibility index (Phi) is 9.05. The van der Waals surface area contributed by atoms with E-state index < -0.39 is 46.7 Å². The summed E-state index contributed by atoms with van der Waals surface area (Å²) in [6.07, 6.45) is 1.35. The number of halogens is 5. The van der Waals surface area contributed by atoms with Crippen LogP contribution in [0.2, 0.25) is 0 Å². The number of hydrogen-bond donors (Lipinski definition) is 2. The van der Waals surface area contributed by atoms with Crippen molar-refractivity contribution in [2.24, 2.45) is 17.8 Å². The average Bonchev–Trinajstić information content (AvgIpc) is 3.58. The Morgan fingerprint density at radius 2 is 1.84 bits per heavy atom. The van der Waals surface area contributed by atoms with Crippen LogP contribution in [-0.2, 0) is 15.7 Å². The summed E-state index contributed by atoms with van der Waals surface area (Å²) in [4.78, 5) is 34.4. The van der Waals surface area contributed by atoms with E-state index in [0.29, 0.717) is 61.5 Å². The molecule has 4 fully saturated rings. The fourth-order valence-electron chi connectivity index (χ4n) is 8.80. The number of carboxylic acids is 1. The molecular weight excluding hydrogens is 663 g/mol. The number of rotatable bonds is 8. The number of nitrogens with zero attached hydrogens (tertiary/aromatic N) is 3. The van der Waals surface area contributed by atoms with E-state index in [-0.39, 0.29) is 61.6 Å². The van der Waals surface area contributed by atoms with E-state index in [1.807, 2.05) is 6.92 Å². The molecule has 9 nitrogen and oxygen atoms in total. The van der Waals surface area contributed by atoms with E-state index in [1.54, 1.807) is 29.0 Å². The monoisotopic (exact) mass is 704 g/mol. The molecular formula is C36H41F5N4O5. The molecule has 270 valence electrons. The molecule has 1 amide bonds. The first kappa shape index (κ1) is 34.6. The highest BCUT2D eigenvalue weighted by Crippen LogP contribution is 2.51.